The lowest BCUT2D eigenvalue weighted by atomic mass is 9.84. The number of piperidine rings is 1. The van der Waals surface area contributed by atoms with Gasteiger partial charge in [0.2, 0.25) is 0 Å². The first-order chi connectivity index (χ1) is 9.67. The lowest BCUT2D eigenvalue weighted by Crippen LogP contribution is -2.47. The van der Waals surface area contributed by atoms with Gasteiger partial charge >= 0.3 is 0 Å². The molecule has 1 N–H and O–H groups in total. The predicted octanol–water partition coefficient (Wildman–Crippen LogP) is 3.98. The number of hydrogen-bond acceptors (Lipinski definition) is 2. The Morgan fingerprint density at radius 2 is 1.60 bits per heavy atom. The molecule has 2 heteroatoms. The van der Waals surface area contributed by atoms with Crippen LogP contribution in [0.25, 0.3) is 0 Å². The zero-order valence-electron chi connectivity index (χ0n) is 13.8. The van der Waals surface area contributed by atoms with Crippen LogP contribution in [-0.4, -0.2) is 36.6 Å². The van der Waals surface area contributed by atoms with Gasteiger partial charge in [0.05, 0.1) is 0 Å². The van der Waals surface area contributed by atoms with Crippen LogP contribution in [0, 0.1) is 5.92 Å². The van der Waals surface area contributed by atoms with Gasteiger partial charge in [-0.05, 0) is 71.4 Å². The highest BCUT2D eigenvalue weighted by Crippen LogP contribution is 2.27. The molecular weight excluding hydrogens is 244 g/mol. The van der Waals surface area contributed by atoms with Crippen molar-refractivity contribution in [1.29, 1.82) is 0 Å². The minimum absolute atomic E-state index is 0.779. The van der Waals surface area contributed by atoms with Gasteiger partial charge in [-0.2, -0.15) is 0 Å². The van der Waals surface area contributed by atoms with Gasteiger partial charge in [-0.3, -0.25) is 4.90 Å². The number of nitrogens with zero attached hydrogens (tertiary/aromatic N) is 1. The van der Waals surface area contributed by atoms with E-state index >= 15 is 0 Å². The van der Waals surface area contributed by atoms with E-state index in [-0.39, 0.29) is 0 Å². The lowest BCUT2D eigenvalue weighted by molar-refractivity contribution is 0.189. The maximum absolute atomic E-state index is 3.95. The van der Waals surface area contributed by atoms with E-state index < -0.39 is 0 Å². The highest BCUT2D eigenvalue weighted by Gasteiger charge is 2.24. The molecule has 0 radical (unpaired) electrons. The Labute approximate surface area is 126 Å². The molecule has 1 saturated heterocycles. The van der Waals surface area contributed by atoms with Crippen molar-refractivity contribution in [3.8, 4) is 0 Å². The third kappa shape index (κ3) is 5.21. The van der Waals surface area contributed by atoms with Crippen molar-refractivity contribution >= 4 is 0 Å². The van der Waals surface area contributed by atoms with Gasteiger partial charge in [-0.1, -0.05) is 25.0 Å². The minimum atomic E-state index is 0.779. The van der Waals surface area contributed by atoms with Crippen LogP contribution in [0.2, 0.25) is 0 Å². The largest absolute Gasteiger partial charge is 0.311 e. The molecule has 1 saturated carbocycles. The Hall–Kier alpha value is -0.340. The summed E-state index contributed by atoms with van der Waals surface area (Å²) in [5.41, 5.74) is 1.44. The van der Waals surface area contributed by atoms with Crippen molar-refractivity contribution < 1.29 is 0 Å². The van der Waals surface area contributed by atoms with Crippen LogP contribution in [0.5, 0.6) is 0 Å². The van der Waals surface area contributed by atoms with E-state index in [4.69, 9.17) is 0 Å². The number of nitrogens with one attached hydrogen (secondary N) is 1. The maximum atomic E-state index is 3.95. The van der Waals surface area contributed by atoms with Crippen LogP contribution in [0.1, 0.15) is 65.7 Å². The van der Waals surface area contributed by atoms with E-state index in [1.807, 2.05) is 0 Å². The SMILES string of the molecule is CCC1CCC(NC2CCN(CC=C(C)C)CC2)CC1. The van der Waals surface area contributed by atoms with Crippen LogP contribution >= 0.6 is 0 Å². The van der Waals surface area contributed by atoms with Gasteiger partial charge in [0.25, 0.3) is 0 Å². The van der Waals surface area contributed by atoms with Crippen molar-refractivity contribution in [3.05, 3.63) is 11.6 Å². The molecule has 0 aromatic rings. The topological polar surface area (TPSA) is 15.3 Å². The standard InChI is InChI=1S/C18H34N2/c1-4-16-5-7-17(8-6-16)19-18-10-13-20(14-11-18)12-9-15(2)3/h9,16-19H,4-8,10-14H2,1-3H3. The second-order valence-corrected chi connectivity index (χ2v) is 7.15. The third-order valence-corrected chi connectivity index (χ3v) is 5.24. The molecule has 1 aliphatic heterocycles. The van der Waals surface area contributed by atoms with Gasteiger partial charge in [-0.15, -0.1) is 0 Å². The van der Waals surface area contributed by atoms with E-state index in [9.17, 15) is 0 Å². The second kappa shape index (κ2) is 8.19. The fourth-order valence-electron chi connectivity index (χ4n) is 3.66. The van der Waals surface area contributed by atoms with Crippen LogP contribution in [0.4, 0.5) is 0 Å². The summed E-state index contributed by atoms with van der Waals surface area (Å²) in [7, 11) is 0. The number of allylic oxidation sites excluding steroid dienone is 1. The van der Waals surface area contributed by atoms with Gasteiger partial charge in [0, 0.05) is 18.6 Å². The van der Waals surface area contributed by atoms with E-state index in [1.165, 1.54) is 63.6 Å². The second-order valence-electron chi connectivity index (χ2n) is 7.15. The summed E-state index contributed by atoms with van der Waals surface area (Å²) in [6.07, 6.45) is 12.2. The summed E-state index contributed by atoms with van der Waals surface area (Å²) >= 11 is 0. The first-order valence-electron chi connectivity index (χ1n) is 8.79. The normalized spacial score (nSPS) is 29.4. The lowest BCUT2D eigenvalue weighted by Gasteiger charge is -2.36. The molecule has 2 rings (SSSR count). The highest BCUT2D eigenvalue weighted by atomic mass is 15.1. The molecule has 0 unspecified atom stereocenters. The quantitative estimate of drug-likeness (QED) is 0.765. The molecule has 20 heavy (non-hydrogen) atoms. The molecule has 0 spiro atoms. The molecule has 0 bridgehead atoms. The Morgan fingerprint density at radius 3 is 2.15 bits per heavy atom. The van der Waals surface area contributed by atoms with E-state index in [0.717, 1.165) is 24.5 Å². The molecule has 116 valence electrons. The van der Waals surface area contributed by atoms with E-state index in [0.29, 0.717) is 0 Å². The summed E-state index contributed by atoms with van der Waals surface area (Å²) in [5, 5.41) is 3.95. The number of hydrogen-bond donors (Lipinski definition) is 1. The molecule has 1 aliphatic carbocycles. The Kier molecular flexibility index (Phi) is 6.57. The first kappa shape index (κ1) is 16.0. The van der Waals surface area contributed by atoms with Gasteiger partial charge < -0.3 is 5.32 Å². The highest BCUT2D eigenvalue weighted by molar-refractivity contribution is 4.96. The molecule has 1 heterocycles. The van der Waals surface area contributed by atoms with E-state index in [1.54, 1.807) is 0 Å². The van der Waals surface area contributed by atoms with Crippen molar-refractivity contribution in [3.63, 3.8) is 0 Å². The molecule has 2 fully saturated rings. The number of likely N-dealkylation sites (tertiary alicyclic amines) is 1. The smallest absolute Gasteiger partial charge is 0.0165 e. The summed E-state index contributed by atoms with van der Waals surface area (Å²) in [4.78, 5) is 2.60. The average Bonchev–Trinajstić information content (AvgIpc) is 2.47. The molecule has 2 aliphatic rings. The average molecular weight is 278 g/mol. The summed E-state index contributed by atoms with van der Waals surface area (Å²) < 4.78 is 0. The molecule has 0 aromatic carbocycles. The van der Waals surface area contributed by atoms with Gasteiger partial charge in [-0.25, -0.2) is 0 Å². The maximum Gasteiger partial charge on any atom is 0.0165 e. The third-order valence-electron chi connectivity index (χ3n) is 5.24. The first-order valence-corrected chi connectivity index (χ1v) is 8.79. The minimum Gasteiger partial charge on any atom is -0.311 e. The van der Waals surface area contributed by atoms with Crippen molar-refractivity contribution in [2.45, 2.75) is 77.8 Å². The van der Waals surface area contributed by atoms with Crippen molar-refractivity contribution in [2.24, 2.45) is 5.92 Å². The van der Waals surface area contributed by atoms with Crippen LogP contribution in [-0.2, 0) is 0 Å². The molecular formula is C18H34N2. The fraction of sp³-hybridized carbons (Fsp3) is 0.889. The monoisotopic (exact) mass is 278 g/mol. The number of rotatable bonds is 5. The van der Waals surface area contributed by atoms with Crippen molar-refractivity contribution in [2.75, 3.05) is 19.6 Å². The molecule has 0 aromatic heterocycles. The van der Waals surface area contributed by atoms with Crippen LogP contribution in [0.3, 0.4) is 0 Å². The fourth-order valence-corrected chi connectivity index (χ4v) is 3.66. The predicted molar refractivity (Wildman–Crippen MR) is 88.1 cm³/mol. The molecule has 2 nitrogen and oxygen atoms in total. The van der Waals surface area contributed by atoms with Crippen LogP contribution in [0.15, 0.2) is 11.6 Å². The Bertz CT molecular complexity index is 291. The Morgan fingerprint density at radius 1 is 1.00 bits per heavy atom. The van der Waals surface area contributed by atoms with Crippen LogP contribution < -0.4 is 5.32 Å². The summed E-state index contributed by atoms with van der Waals surface area (Å²) in [6.45, 7) is 10.4. The molecule has 0 atom stereocenters. The van der Waals surface area contributed by atoms with Gasteiger partial charge in [0.15, 0.2) is 0 Å². The Balaban J connectivity index is 1.63. The summed E-state index contributed by atoms with van der Waals surface area (Å²) in [5.74, 6) is 1.01. The van der Waals surface area contributed by atoms with E-state index in [2.05, 4.69) is 37.1 Å². The zero-order valence-corrected chi connectivity index (χ0v) is 13.8. The zero-order chi connectivity index (χ0) is 14.4. The van der Waals surface area contributed by atoms with Gasteiger partial charge in [0.1, 0.15) is 0 Å². The van der Waals surface area contributed by atoms with Crippen molar-refractivity contribution in [1.82, 2.24) is 10.2 Å². The summed E-state index contributed by atoms with van der Waals surface area (Å²) in [6, 6.07) is 1.59. The molecule has 0 amide bonds.